The van der Waals surface area contributed by atoms with E-state index in [1.54, 1.807) is 0 Å². The molecule has 0 aromatic heterocycles. The molecule has 33 heavy (non-hydrogen) atoms. The molecule has 0 aliphatic carbocycles. The molecule has 0 aromatic rings. The fraction of sp³-hybridized carbons (Fsp3) is 0.769. The Hall–Kier alpha value is -1.70. The van der Waals surface area contributed by atoms with Crippen molar-refractivity contribution in [1.29, 1.82) is 0 Å². The molecule has 0 rings (SSSR count). The summed E-state index contributed by atoms with van der Waals surface area (Å²) >= 11 is 0. The van der Waals surface area contributed by atoms with Crippen LogP contribution in [0.2, 0.25) is 0 Å². The van der Waals surface area contributed by atoms with Crippen molar-refractivity contribution in [3.63, 3.8) is 0 Å². The molecule has 0 radical (unpaired) electrons. The monoisotopic (exact) mass is 468 g/mol. The van der Waals surface area contributed by atoms with Crippen molar-refractivity contribution in [3.05, 3.63) is 24.3 Å². The van der Waals surface area contributed by atoms with Crippen LogP contribution < -0.4 is 21.7 Å². The van der Waals surface area contributed by atoms with Crippen LogP contribution in [0.5, 0.6) is 0 Å². The van der Waals surface area contributed by atoms with E-state index in [2.05, 4.69) is 47.2 Å². The van der Waals surface area contributed by atoms with Crippen LogP contribution in [0.3, 0.4) is 0 Å². The fourth-order valence-electron chi connectivity index (χ4n) is 3.00. The van der Waals surface area contributed by atoms with Gasteiger partial charge in [-0.1, -0.05) is 63.3 Å². The number of hydrogen-bond acceptors (Lipinski definition) is 5. The smallest absolute Gasteiger partial charge is 0.300 e. The molecule has 0 aliphatic rings. The maximum Gasteiger partial charge on any atom is 0.300 e. The number of rotatable bonds is 22. The Kier molecular flexibility index (Phi) is 30.7. The van der Waals surface area contributed by atoms with Crippen LogP contribution in [0.4, 0.5) is 0 Å². The second-order valence-electron chi connectivity index (χ2n) is 8.14. The number of hydrogen-bond donors (Lipinski definition) is 5. The minimum absolute atomic E-state index is 0.179. The number of carboxylic acid groups (broad SMARTS) is 1. The summed E-state index contributed by atoms with van der Waals surface area (Å²) in [6, 6.07) is 0. The molecule has 7 heteroatoms. The van der Waals surface area contributed by atoms with Crippen molar-refractivity contribution in [2.24, 2.45) is 5.73 Å². The largest absolute Gasteiger partial charge is 0.481 e. The van der Waals surface area contributed by atoms with Crippen LogP contribution >= 0.6 is 0 Å². The normalized spacial score (nSPS) is 11.0. The Morgan fingerprint density at radius 1 is 0.758 bits per heavy atom. The van der Waals surface area contributed by atoms with Gasteiger partial charge < -0.3 is 26.8 Å². The summed E-state index contributed by atoms with van der Waals surface area (Å²) in [4.78, 5) is 20.8. The fourth-order valence-corrected chi connectivity index (χ4v) is 3.00. The highest BCUT2D eigenvalue weighted by molar-refractivity contribution is 5.75. The van der Waals surface area contributed by atoms with Crippen LogP contribution in [0, 0.1) is 0 Å². The van der Waals surface area contributed by atoms with E-state index in [4.69, 9.17) is 15.6 Å². The molecule has 0 bridgehead atoms. The van der Waals surface area contributed by atoms with E-state index in [1.807, 2.05) is 0 Å². The zero-order chi connectivity index (χ0) is 24.8. The van der Waals surface area contributed by atoms with E-state index in [0.717, 1.165) is 52.4 Å². The van der Waals surface area contributed by atoms with Gasteiger partial charge in [-0.05, 0) is 38.5 Å². The SMILES string of the molecule is CC(=O)O.CCCCC/C=C/C/C=C/CCCCCCCC(=O)NCCNCCNCCN. The molecule has 6 N–H and O–H groups in total. The molecular formula is C26H52N4O3. The van der Waals surface area contributed by atoms with Gasteiger partial charge in [0.15, 0.2) is 0 Å². The van der Waals surface area contributed by atoms with E-state index in [9.17, 15) is 4.79 Å². The van der Waals surface area contributed by atoms with Gasteiger partial charge in [0, 0.05) is 52.6 Å². The van der Waals surface area contributed by atoms with Crippen LogP contribution in [-0.4, -0.2) is 56.3 Å². The highest BCUT2D eigenvalue weighted by Crippen LogP contribution is 2.08. The minimum atomic E-state index is -0.833. The van der Waals surface area contributed by atoms with Gasteiger partial charge in [-0.15, -0.1) is 0 Å². The first-order valence-electron chi connectivity index (χ1n) is 12.9. The van der Waals surface area contributed by atoms with Crippen LogP contribution in [0.1, 0.15) is 90.9 Å². The lowest BCUT2D eigenvalue weighted by molar-refractivity contribution is -0.134. The second kappa shape index (κ2) is 30.3. The summed E-state index contributed by atoms with van der Waals surface area (Å²) in [6.07, 6.45) is 23.2. The number of aliphatic carboxylic acids is 1. The Morgan fingerprint density at radius 3 is 1.88 bits per heavy atom. The number of amides is 1. The van der Waals surface area contributed by atoms with Crippen molar-refractivity contribution in [2.75, 3.05) is 39.3 Å². The number of nitrogens with one attached hydrogen (secondary N) is 3. The van der Waals surface area contributed by atoms with Gasteiger partial charge in [-0.25, -0.2) is 0 Å². The van der Waals surface area contributed by atoms with Crippen molar-refractivity contribution < 1.29 is 14.7 Å². The molecule has 0 saturated carbocycles. The quantitative estimate of drug-likeness (QED) is 0.120. The maximum absolute atomic E-state index is 11.8. The first kappa shape index (κ1) is 33.5. The molecule has 7 nitrogen and oxygen atoms in total. The average Bonchev–Trinajstić information content (AvgIpc) is 2.78. The van der Waals surface area contributed by atoms with Crippen molar-refractivity contribution in [3.8, 4) is 0 Å². The Labute approximate surface area is 203 Å². The van der Waals surface area contributed by atoms with Crippen molar-refractivity contribution in [2.45, 2.75) is 90.9 Å². The van der Waals surface area contributed by atoms with Gasteiger partial charge in [-0.3, -0.25) is 9.59 Å². The number of carboxylic acids is 1. The predicted octanol–water partition coefficient (Wildman–Crippen LogP) is 4.14. The van der Waals surface area contributed by atoms with Crippen LogP contribution in [0.25, 0.3) is 0 Å². The Morgan fingerprint density at radius 2 is 1.27 bits per heavy atom. The molecule has 0 saturated heterocycles. The molecule has 0 atom stereocenters. The summed E-state index contributed by atoms with van der Waals surface area (Å²) in [5, 5.41) is 16.9. The second-order valence-corrected chi connectivity index (χ2v) is 8.14. The van der Waals surface area contributed by atoms with Crippen molar-refractivity contribution >= 4 is 11.9 Å². The predicted molar refractivity (Wildman–Crippen MR) is 140 cm³/mol. The third-order valence-corrected chi connectivity index (χ3v) is 4.78. The topological polar surface area (TPSA) is 116 Å². The number of unbranched alkanes of at least 4 members (excludes halogenated alkanes) is 8. The van der Waals surface area contributed by atoms with E-state index in [-0.39, 0.29) is 5.91 Å². The van der Waals surface area contributed by atoms with Gasteiger partial charge in [-0.2, -0.15) is 0 Å². The summed E-state index contributed by atoms with van der Waals surface area (Å²) in [7, 11) is 0. The Balaban J connectivity index is 0. The number of nitrogens with two attached hydrogens (primary N) is 1. The zero-order valence-electron chi connectivity index (χ0n) is 21.4. The summed E-state index contributed by atoms with van der Waals surface area (Å²) in [5.74, 6) is -0.654. The number of carbonyl (C=O) groups is 2. The molecule has 0 aromatic carbocycles. The molecule has 0 heterocycles. The molecule has 0 fully saturated rings. The first-order chi connectivity index (χ1) is 16.0. The van der Waals surface area contributed by atoms with Gasteiger partial charge >= 0.3 is 0 Å². The van der Waals surface area contributed by atoms with Crippen molar-refractivity contribution in [1.82, 2.24) is 16.0 Å². The lowest BCUT2D eigenvalue weighted by atomic mass is 10.1. The maximum atomic E-state index is 11.8. The van der Waals surface area contributed by atoms with Crippen LogP contribution in [0.15, 0.2) is 24.3 Å². The molecule has 1 amide bonds. The molecule has 0 spiro atoms. The first-order valence-corrected chi connectivity index (χ1v) is 12.9. The average molecular weight is 469 g/mol. The zero-order valence-corrected chi connectivity index (χ0v) is 21.4. The molecule has 194 valence electrons. The molecule has 0 unspecified atom stereocenters. The van der Waals surface area contributed by atoms with E-state index >= 15 is 0 Å². The standard InChI is InChI=1S/C24H48N4O.C2H4O2/c1-2-3-4-5-6-7-8-9-10-11-12-13-14-15-16-17-24(29)28-23-22-27-21-20-26-19-18-25;1-2(3)4/h6-7,9-10,26-27H,2-5,8,11-23,25H2,1H3,(H,28,29);1H3,(H,3,4)/b7-6+,10-9+;. The van der Waals surface area contributed by atoms with Crippen LogP contribution in [-0.2, 0) is 9.59 Å². The van der Waals surface area contributed by atoms with E-state index < -0.39 is 5.97 Å². The highest BCUT2D eigenvalue weighted by atomic mass is 16.4. The third kappa shape index (κ3) is 37.9. The summed E-state index contributed by atoms with van der Waals surface area (Å²) < 4.78 is 0. The number of allylic oxidation sites excluding steroid dienone is 4. The number of carbonyl (C=O) groups excluding carboxylic acids is 1. The minimum Gasteiger partial charge on any atom is -0.481 e. The lowest BCUT2D eigenvalue weighted by Gasteiger charge is -2.07. The Bertz CT molecular complexity index is 478. The van der Waals surface area contributed by atoms with E-state index in [0.29, 0.717) is 19.5 Å². The highest BCUT2D eigenvalue weighted by Gasteiger charge is 2.00. The van der Waals surface area contributed by atoms with Gasteiger partial charge in [0.25, 0.3) is 5.97 Å². The third-order valence-electron chi connectivity index (χ3n) is 4.78. The van der Waals surface area contributed by atoms with E-state index in [1.165, 1.54) is 51.4 Å². The lowest BCUT2D eigenvalue weighted by Crippen LogP contribution is -2.35. The van der Waals surface area contributed by atoms with Gasteiger partial charge in [0.05, 0.1) is 0 Å². The van der Waals surface area contributed by atoms with Gasteiger partial charge in [0.2, 0.25) is 5.91 Å². The summed E-state index contributed by atoms with van der Waals surface area (Å²) in [6.45, 7) is 8.19. The summed E-state index contributed by atoms with van der Waals surface area (Å²) in [5.41, 5.74) is 5.40. The molecular weight excluding hydrogens is 416 g/mol. The van der Waals surface area contributed by atoms with Gasteiger partial charge in [0.1, 0.15) is 0 Å². The molecule has 0 aliphatic heterocycles.